The zero-order chi connectivity index (χ0) is 15.0. The second kappa shape index (κ2) is 5.21. The zero-order valence-corrected chi connectivity index (χ0v) is 12.0. The van der Waals surface area contributed by atoms with Crippen LogP contribution in [0.4, 0.5) is 11.4 Å². The number of nitrogens with one attached hydrogen (secondary N) is 1. The van der Waals surface area contributed by atoms with Gasteiger partial charge in [0.1, 0.15) is 5.25 Å². The van der Waals surface area contributed by atoms with Crippen molar-refractivity contribution >= 4 is 29.0 Å². The third-order valence-corrected chi connectivity index (χ3v) is 4.40. The fourth-order valence-electron chi connectivity index (χ4n) is 2.45. The lowest BCUT2D eigenvalue weighted by Crippen LogP contribution is -2.08. The van der Waals surface area contributed by atoms with E-state index >= 15 is 0 Å². The Kier molecular flexibility index (Phi) is 3.39. The average molecular weight is 300 g/mol. The molecule has 0 aliphatic carbocycles. The van der Waals surface area contributed by atoms with Gasteiger partial charge in [0.25, 0.3) is 5.69 Å². The van der Waals surface area contributed by atoms with Crippen LogP contribution in [0.5, 0.6) is 0 Å². The number of fused-ring (bicyclic) bond motifs is 1. The number of hydrogen-bond donors (Lipinski definition) is 1. The summed E-state index contributed by atoms with van der Waals surface area (Å²) in [6.45, 7) is 0. The quantitative estimate of drug-likeness (QED) is 0.694. The van der Waals surface area contributed by atoms with E-state index in [0.717, 1.165) is 22.4 Å². The number of hydrogen-bond acceptors (Lipinski definition) is 4. The van der Waals surface area contributed by atoms with Crippen LogP contribution in [0.3, 0.4) is 0 Å². The van der Waals surface area contributed by atoms with Crippen molar-refractivity contribution < 1.29 is 9.72 Å². The molecule has 0 saturated heterocycles. The Bertz CT molecular complexity index is 745. The summed E-state index contributed by atoms with van der Waals surface area (Å²) in [5, 5.41) is 13.5. The first-order valence-electron chi connectivity index (χ1n) is 6.32. The van der Waals surface area contributed by atoms with E-state index in [1.807, 2.05) is 30.5 Å². The number of nitro benzene ring substituents is 1. The highest BCUT2D eigenvalue weighted by molar-refractivity contribution is 7.99. The highest BCUT2D eigenvalue weighted by atomic mass is 32.2. The number of amides is 1. The first kappa shape index (κ1) is 13.6. The van der Waals surface area contributed by atoms with Gasteiger partial charge in [0, 0.05) is 17.8 Å². The molecule has 0 radical (unpaired) electrons. The molecule has 21 heavy (non-hydrogen) atoms. The molecule has 1 unspecified atom stereocenters. The summed E-state index contributed by atoms with van der Waals surface area (Å²) in [4.78, 5) is 22.3. The molecule has 6 heteroatoms. The SMILES string of the molecule is CSC1C(=O)Nc2ccc(-c3cccc([N+](=O)[O-])c3)cc21. The summed E-state index contributed by atoms with van der Waals surface area (Å²) in [5.74, 6) is -0.0197. The molecule has 0 bridgehead atoms. The minimum absolute atomic E-state index is 0.0197. The number of benzene rings is 2. The van der Waals surface area contributed by atoms with Gasteiger partial charge in [-0.1, -0.05) is 18.2 Å². The van der Waals surface area contributed by atoms with E-state index in [0.29, 0.717) is 0 Å². The first-order valence-corrected chi connectivity index (χ1v) is 7.61. The molecule has 0 aromatic heterocycles. The molecule has 1 heterocycles. The molecule has 0 saturated carbocycles. The Labute approximate surface area is 125 Å². The molecule has 106 valence electrons. The molecule has 0 fully saturated rings. The highest BCUT2D eigenvalue weighted by Gasteiger charge is 2.29. The van der Waals surface area contributed by atoms with Gasteiger partial charge in [-0.2, -0.15) is 0 Å². The van der Waals surface area contributed by atoms with E-state index < -0.39 is 4.92 Å². The summed E-state index contributed by atoms with van der Waals surface area (Å²) in [6.07, 6.45) is 1.89. The zero-order valence-electron chi connectivity index (χ0n) is 11.2. The lowest BCUT2D eigenvalue weighted by atomic mass is 10.0. The van der Waals surface area contributed by atoms with Crippen LogP contribution < -0.4 is 5.32 Å². The van der Waals surface area contributed by atoms with Crippen molar-refractivity contribution in [2.75, 3.05) is 11.6 Å². The number of nitro groups is 1. The van der Waals surface area contributed by atoms with E-state index in [9.17, 15) is 14.9 Å². The van der Waals surface area contributed by atoms with Crippen LogP contribution in [-0.4, -0.2) is 17.1 Å². The van der Waals surface area contributed by atoms with Gasteiger partial charge in [-0.3, -0.25) is 14.9 Å². The minimum Gasteiger partial charge on any atom is -0.325 e. The van der Waals surface area contributed by atoms with Gasteiger partial charge in [-0.25, -0.2) is 0 Å². The minimum atomic E-state index is -0.410. The smallest absolute Gasteiger partial charge is 0.270 e. The second-order valence-corrected chi connectivity index (χ2v) is 5.66. The van der Waals surface area contributed by atoms with E-state index in [4.69, 9.17) is 0 Å². The molecule has 1 amide bonds. The lowest BCUT2D eigenvalue weighted by Gasteiger charge is -2.07. The van der Waals surface area contributed by atoms with Crippen LogP contribution in [-0.2, 0) is 4.79 Å². The predicted octanol–water partition coefficient (Wildman–Crippen LogP) is 3.62. The summed E-state index contributed by atoms with van der Waals surface area (Å²) in [6, 6.07) is 12.1. The Morgan fingerprint density at radius 1 is 1.19 bits per heavy atom. The van der Waals surface area contributed by atoms with Crippen molar-refractivity contribution in [1.29, 1.82) is 0 Å². The highest BCUT2D eigenvalue weighted by Crippen LogP contribution is 2.41. The van der Waals surface area contributed by atoms with Gasteiger partial charge in [-0.05, 0) is 35.1 Å². The fourth-order valence-corrected chi connectivity index (χ4v) is 3.17. The number of nitrogens with zero attached hydrogens (tertiary/aromatic N) is 1. The third kappa shape index (κ3) is 2.38. The van der Waals surface area contributed by atoms with Gasteiger partial charge < -0.3 is 5.32 Å². The largest absolute Gasteiger partial charge is 0.325 e. The van der Waals surface area contributed by atoms with Crippen LogP contribution in [0.2, 0.25) is 0 Å². The van der Waals surface area contributed by atoms with Crippen LogP contribution in [0.1, 0.15) is 10.8 Å². The summed E-state index contributed by atoms with van der Waals surface area (Å²) in [7, 11) is 0. The maximum absolute atomic E-state index is 11.8. The maximum Gasteiger partial charge on any atom is 0.270 e. The number of carbonyl (C=O) groups excluding carboxylic acids is 1. The number of thioether (sulfide) groups is 1. The van der Waals surface area contributed by atoms with Crippen LogP contribution >= 0.6 is 11.8 Å². The molecule has 2 aromatic carbocycles. The molecule has 5 nitrogen and oxygen atoms in total. The van der Waals surface area contributed by atoms with E-state index in [-0.39, 0.29) is 16.8 Å². The Morgan fingerprint density at radius 3 is 2.67 bits per heavy atom. The normalized spacial score (nSPS) is 16.4. The van der Waals surface area contributed by atoms with E-state index in [1.165, 1.54) is 17.8 Å². The monoisotopic (exact) mass is 300 g/mol. The van der Waals surface area contributed by atoms with Crippen molar-refractivity contribution in [3.05, 3.63) is 58.1 Å². The van der Waals surface area contributed by atoms with Crippen molar-refractivity contribution in [3.8, 4) is 11.1 Å². The standard InChI is InChI=1S/C15H12N2O3S/c1-21-14-12-8-10(5-6-13(12)16-15(14)18)9-3-2-4-11(7-9)17(19)20/h2-8,14H,1H3,(H,16,18). The average Bonchev–Trinajstić information content (AvgIpc) is 2.81. The number of rotatable bonds is 3. The Balaban J connectivity index is 2.06. The van der Waals surface area contributed by atoms with E-state index in [2.05, 4.69) is 5.32 Å². The maximum atomic E-state index is 11.8. The molecule has 0 spiro atoms. The number of non-ortho nitro benzene ring substituents is 1. The van der Waals surface area contributed by atoms with Crippen LogP contribution in [0, 0.1) is 10.1 Å². The molecule has 1 atom stereocenters. The van der Waals surface area contributed by atoms with Gasteiger partial charge in [0.2, 0.25) is 5.91 Å². The van der Waals surface area contributed by atoms with Gasteiger partial charge in [-0.15, -0.1) is 11.8 Å². The van der Waals surface area contributed by atoms with Crippen LogP contribution in [0.25, 0.3) is 11.1 Å². The summed E-state index contributed by atoms with van der Waals surface area (Å²) in [5.41, 5.74) is 3.44. The topological polar surface area (TPSA) is 72.2 Å². The Hall–Kier alpha value is -2.34. The van der Waals surface area contributed by atoms with Gasteiger partial charge in [0.05, 0.1) is 4.92 Å². The van der Waals surface area contributed by atoms with Crippen LogP contribution in [0.15, 0.2) is 42.5 Å². The summed E-state index contributed by atoms with van der Waals surface area (Å²) >= 11 is 1.47. The molecule has 1 N–H and O–H groups in total. The third-order valence-electron chi connectivity index (χ3n) is 3.46. The lowest BCUT2D eigenvalue weighted by molar-refractivity contribution is -0.384. The molecular weight excluding hydrogens is 288 g/mol. The fraction of sp³-hybridized carbons (Fsp3) is 0.133. The summed E-state index contributed by atoms with van der Waals surface area (Å²) < 4.78 is 0. The second-order valence-electron chi connectivity index (χ2n) is 4.71. The number of carbonyl (C=O) groups is 1. The van der Waals surface area contributed by atoms with Crippen molar-refractivity contribution in [3.63, 3.8) is 0 Å². The van der Waals surface area contributed by atoms with Crippen molar-refractivity contribution in [2.24, 2.45) is 0 Å². The molecule has 1 aliphatic heterocycles. The predicted molar refractivity (Wildman–Crippen MR) is 83.4 cm³/mol. The Morgan fingerprint density at radius 2 is 1.95 bits per heavy atom. The van der Waals surface area contributed by atoms with Gasteiger partial charge in [0.15, 0.2) is 0 Å². The molecular formula is C15H12N2O3S. The number of anilines is 1. The molecule has 1 aliphatic rings. The molecule has 3 rings (SSSR count). The van der Waals surface area contributed by atoms with Crippen molar-refractivity contribution in [2.45, 2.75) is 5.25 Å². The van der Waals surface area contributed by atoms with E-state index in [1.54, 1.807) is 12.1 Å². The van der Waals surface area contributed by atoms with Gasteiger partial charge >= 0.3 is 0 Å². The molecule has 2 aromatic rings. The van der Waals surface area contributed by atoms with Crippen molar-refractivity contribution in [1.82, 2.24) is 0 Å². The first-order chi connectivity index (χ1) is 10.1.